The van der Waals surface area contributed by atoms with Crippen molar-refractivity contribution in [2.24, 2.45) is 0 Å². The third-order valence-electron chi connectivity index (χ3n) is 3.73. The number of urea groups is 1. The quantitative estimate of drug-likeness (QED) is 0.472. The number of halogens is 4. The monoisotopic (exact) mass is 414 g/mol. The number of nitrogens with one attached hydrogen (secondary N) is 3. The molecule has 1 heterocycles. The van der Waals surface area contributed by atoms with Gasteiger partial charge in [-0.2, -0.15) is 18.2 Å². The van der Waals surface area contributed by atoms with Crippen LogP contribution in [-0.2, 0) is 6.18 Å². The molecule has 158 valence electrons. The van der Waals surface area contributed by atoms with Crippen LogP contribution in [0.5, 0.6) is 0 Å². The molecule has 0 spiro atoms. The van der Waals surface area contributed by atoms with Gasteiger partial charge in [-0.1, -0.05) is 17.7 Å². The highest BCUT2D eigenvalue weighted by Gasteiger charge is 2.38. The van der Waals surface area contributed by atoms with E-state index in [4.69, 9.17) is 0 Å². The predicted molar refractivity (Wildman–Crippen MR) is 102 cm³/mol. The smallest absolute Gasteiger partial charge is 0.367 e. The zero-order valence-electron chi connectivity index (χ0n) is 16.2. The molecule has 7 nitrogen and oxygen atoms in total. The molecule has 2 aromatic rings. The summed E-state index contributed by atoms with van der Waals surface area (Å²) in [6, 6.07) is 5.90. The van der Waals surface area contributed by atoms with Crippen molar-refractivity contribution in [3.63, 3.8) is 0 Å². The van der Waals surface area contributed by atoms with Gasteiger partial charge in [0.25, 0.3) is 0 Å². The van der Waals surface area contributed by atoms with Crippen molar-refractivity contribution in [1.82, 2.24) is 14.9 Å². The number of aryl methyl sites for hydroxylation is 1. The van der Waals surface area contributed by atoms with Crippen LogP contribution in [0.4, 0.5) is 39.8 Å². The summed E-state index contributed by atoms with van der Waals surface area (Å²) >= 11 is 0. The van der Waals surface area contributed by atoms with Crippen molar-refractivity contribution in [2.45, 2.75) is 19.5 Å². The predicted octanol–water partition coefficient (Wildman–Crippen LogP) is 3.95. The molecular formula is C18H22F4N6O. The van der Waals surface area contributed by atoms with Gasteiger partial charge < -0.3 is 15.5 Å². The molecule has 0 aliphatic carbocycles. The Morgan fingerprint density at radius 1 is 1.10 bits per heavy atom. The third-order valence-corrected chi connectivity index (χ3v) is 3.73. The standard InChI is InChI=1S/C18H22F4N6O/c1-11-5-7-12(8-6-11)24-17(29)27-16-25-14(18(20,21)22)13(19)15(26-16)23-9-4-10-28(2)3/h5-8H,4,9-10H2,1-3H3,(H3,23,24,25,26,27,29). The second-order valence-electron chi connectivity index (χ2n) is 6.58. The molecule has 0 saturated carbocycles. The van der Waals surface area contributed by atoms with E-state index in [1.54, 1.807) is 24.3 Å². The Kier molecular flexibility index (Phi) is 7.32. The van der Waals surface area contributed by atoms with Crippen LogP contribution >= 0.6 is 0 Å². The van der Waals surface area contributed by atoms with Crippen molar-refractivity contribution in [2.75, 3.05) is 43.1 Å². The van der Waals surface area contributed by atoms with E-state index in [0.717, 1.165) is 5.56 Å². The lowest BCUT2D eigenvalue weighted by molar-refractivity contribution is -0.143. The first-order valence-electron chi connectivity index (χ1n) is 8.74. The number of benzene rings is 1. The molecule has 29 heavy (non-hydrogen) atoms. The molecule has 0 radical (unpaired) electrons. The first kappa shape index (κ1) is 22.3. The fraction of sp³-hybridized carbons (Fsp3) is 0.389. The van der Waals surface area contributed by atoms with Crippen molar-refractivity contribution in [3.05, 3.63) is 41.3 Å². The van der Waals surface area contributed by atoms with E-state index in [2.05, 4.69) is 25.9 Å². The van der Waals surface area contributed by atoms with Gasteiger partial charge in [0.1, 0.15) is 0 Å². The van der Waals surface area contributed by atoms with Gasteiger partial charge in [0, 0.05) is 12.2 Å². The molecule has 0 unspecified atom stereocenters. The van der Waals surface area contributed by atoms with Crippen LogP contribution in [0.1, 0.15) is 17.7 Å². The highest BCUT2D eigenvalue weighted by Crippen LogP contribution is 2.32. The van der Waals surface area contributed by atoms with E-state index in [1.807, 2.05) is 25.9 Å². The third kappa shape index (κ3) is 6.86. The molecular weight excluding hydrogens is 392 g/mol. The highest BCUT2D eigenvalue weighted by molar-refractivity contribution is 5.98. The second-order valence-corrected chi connectivity index (χ2v) is 6.58. The highest BCUT2D eigenvalue weighted by atomic mass is 19.4. The molecule has 3 N–H and O–H groups in total. The van der Waals surface area contributed by atoms with E-state index in [-0.39, 0.29) is 6.54 Å². The number of carbonyl (C=O) groups excluding carboxylic acids is 1. The number of amides is 2. The number of aromatic nitrogens is 2. The van der Waals surface area contributed by atoms with Crippen molar-refractivity contribution >= 4 is 23.5 Å². The van der Waals surface area contributed by atoms with Crippen LogP contribution in [0.15, 0.2) is 24.3 Å². The number of hydrogen-bond acceptors (Lipinski definition) is 5. The fourth-order valence-electron chi connectivity index (χ4n) is 2.31. The van der Waals surface area contributed by atoms with Crippen LogP contribution in [0.3, 0.4) is 0 Å². The molecule has 11 heteroatoms. The summed E-state index contributed by atoms with van der Waals surface area (Å²) in [5.41, 5.74) is -0.362. The minimum Gasteiger partial charge on any atom is -0.367 e. The normalized spacial score (nSPS) is 11.4. The number of anilines is 3. The van der Waals surface area contributed by atoms with Crippen LogP contribution in [-0.4, -0.2) is 48.1 Å². The van der Waals surface area contributed by atoms with Gasteiger partial charge in [-0.15, -0.1) is 0 Å². The minimum absolute atomic E-state index is 0.193. The van der Waals surface area contributed by atoms with Crippen LogP contribution in [0.25, 0.3) is 0 Å². The SMILES string of the molecule is Cc1ccc(NC(=O)Nc2nc(NCCCN(C)C)c(F)c(C(F)(F)F)n2)cc1. The lowest BCUT2D eigenvalue weighted by atomic mass is 10.2. The maximum Gasteiger partial charge on any atom is 0.436 e. The molecule has 2 rings (SSSR count). The lowest BCUT2D eigenvalue weighted by Gasteiger charge is -2.15. The number of hydrogen-bond donors (Lipinski definition) is 3. The summed E-state index contributed by atoms with van der Waals surface area (Å²) in [6.07, 6.45) is -4.49. The van der Waals surface area contributed by atoms with Crippen LogP contribution in [0.2, 0.25) is 0 Å². The molecule has 1 aromatic heterocycles. The first-order chi connectivity index (χ1) is 13.6. The van der Waals surface area contributed by atoms with Crippen molar-refractivity contribution in [1.29, 1.82) is 0 Å². The largest absolute Gasteiger partial charge is 0.436 e. The molecule has 0 saturated heterocycles. The summed E-state index contributed by atoms with van der Waals surface area (Å²) in [7, 11) is 3.67. The van der Waals surface area contributed by atoms with Crippen molar-refractivity contribution in [3.8, 4) is 0 Å². The zero-order chi connectivity index (χ0) is 21.6. The first-order valence-corrected chi connectivity index (χ1v) is 8.74. The average molecular weight is 414 g/mol. The van der Waals surface area contributed by atoms with Crippen LogP contribution < -0.4 is 16.0 Å². The second kappa shape index (κ2) is 9.50. The topological polar surface area (TPSA) is 82.2 Å². The summed E-state index contributed by atoms with van der Waals surface area (Å²) in [4.78, 5) is 20.7. The number of nitrogens with zero attached hydrogens (tertiary/aromatic N) is 3. The van der Waals surface area contributed by atoms with E-state index < -0.39 is 35.5 Å². The number of carbonyl (C=O) groups is 1. The molecule has 0 aliphatic heterocycles. The Labute approximate surface area is 165 Å². The zero-order valence-corrected chi connectivity index (χ0v) is 16.2. The summed E-state index contributed by atoms with van der Waals surface area (Å²) in [5.74, 6) is -2.91. The fourth-order valence-corrected chi connectivity index (χ4v) is 2.31. The molecule has 0 atom stereocenters. The molecule has 0 aliphatic rings. The number of alkyl halides is 3. The van der Waals surface area contributed by atoms with E-state index in [0.29, 0.717) is 18.7 Å². The number of rotatable bonds is 7. The Morgan fingerprint density at radius 3 is 2.34 bits per heavy atom. The molecule has 0 fully saturated rings. The Hall–Kier alpha value is -2.95. The van der Waals surface area contributed by atoms with Crippen molar-refractivity contribution < 1.29 is 22.4 Å². The minimum atomic E-state index is -5.04. The molecule has 2 amide bonds. The van der Waals surface area contributed by atoms with E-state index >= 15 is 0 Å². The molecule has 0 bridgehead atoms. The van der Waals surface area contributed by atoms with E-state index in [1.165, 1.54) is 0 Å². The lowest BCUT2D eigenvalue weighted by Crippen LogP contribution is -2.24. The van der Waals surface area contributed by atoms with Gasteiger partial charge in [0.15, 0.2) is 17.3 Å². The van der Waals surface area contributed by atoms with E-state index in [9.17, 15) is 22.4 Å². The Balaban J connectivity index is 2.17. The summed E-state index contributed by atoms with van der Waals surface area (Å²) < 4.78 is 53.6. The van der Waals surface area contributed by atoms with Gasteiger partial charge in [0.2, 0.25) is 5.95 Å². The van der Waals surface area contributed by atoms with Gasteiger partial charge in [0.05, 0.1) is 0 Å². The van der Waals surface area contributed by atoms with Gasteiger partial charge in [-0.3, -0.25) is 5.32 Å². The summed E-state index contributed by atoms with van der Waals surface area (Å²) in [6.45, 7) is 2.70. The summed E-state index contributed by atoms with van der Waals surface area (Å²) in [5, 5.41) is 7.08. The maximum atomic E-state index is 14.2. The average Bonchev–Trinajstić information content (AvgIpc) is 2.61. The maximum absolute atomic E-state index is 14.2. The van der Waals surface area contributed by atoms with Gasteiger partial charge in [-0.05, 0) is 46.1 Å². The molecule has 1 aromatic carbocycles. The van der Waals surface area contributed by atoms with Gasteiger partial charge in [-0.25, -0.2) is 14.2 Å². The van der Waals surface area contributed by atoms with Gasteiger partial charge >= 0.3 is 12.2 Å². The van der Waals surface area contributed by atoms with Crippen LogP contribution in [0, 0.1) is 12.7 Å². The Bertz CT molecular complexity index is 839. The Morgan fingerprint density at radius 2 is 1.76 bits per heavy atom.